The average Bonchev–Trinajstić information content (AvgIpc) is 2.46. The maximum absolute atomic E-state index is 13.3. The highest BCUT2D eigenvalue weighted by atomic mass is 35.5. The first-order chi connectivity index (χ1) is 9.97. The van der Waals surface area contributed by atoms with E-state index < -0.39 is 0 Å². The Labute approximate surface area is 142 Å². The molecule has 3 nitrogen and oxygen atoms in total. The zero-order valence-corrected chi connectivity index (χ0v) is 14.7. The first kappa shape index (κ1) is 19.3. The van der Waals surface area contributed by atoms with Gasteiger partial charge in [0.1, 0.15) is 5.82 Å². The second-order valence-electron chi connectivity index (χ2n) is 6.10. The molecule has 124 valence electrons. The molecule has 1 aromatic rings. The Morgan fingerprint density at radius 3 is 2.91 bits per heavy atom. The fraction of sp³-hybridized carbons (Fsp3) is 0.562. The third kappa shape index (κ3) is 5.78. The lowest BCUT2D eigenvalue weighted by Crippen LogP contribution is -2.43. The molecule has 2 rings (SSSR count). The summed E-state index contributed by atoms with van der Waals surface area (Å²) in [6.07, 6.45) is 0.506. The highest BCUT2D eigenvalue weighted by Crippen LogP contribution is 2.23. The van der Waals surface area contributed by atoms with Crippen molar-refractivity contribution in [2.75, 3.05) is 24.6 Å². The van der Waals surface area contributed by atoms with Crippen molar-refractivity contribution in [2.24, 2.45) is 0 Å². The predicted octanol–water partition coefficient (Wildman–Crippen LogP) is 2.74. The van der Waals surface area contributed by atoms with Gasteiger partial charge in [-0.2, -0.15) is 11.8 Å². The molecule has 2 N–H and O–H groups in total. The van der Waals surface area contributed by atoms with Gasteiger partial charge in [0.2, 0.25) is 5.91 Å². The van der Waals surface area contributed by atoms with Crippen LogP contribution in [0, 0.1) is 5.82 Å². The predicted molar refractivity (Wildman–Crippen MR) is 93.4 cm³/mol. The Morgan fingerprint density at radius 1 is 1.50 bits per heavy atom. The van der Waals surface area contributed by atoms with Gasteiger partial charge in [0.05, 0.1) is 0 Å². The summed E-state index contributed by atoms with van der Waals surface area (Å²) in [5, 5.41) is 6.33. The molecular weight excluding hydrogens is 323 g/mol. The summed E-state index contributed by atoms with van der Waals surface area (Å²) in [6.45, 7) is 5.50. The van der Waals surface area contributed by atoms with Crippen LogP contribution >= 0.6 is 24.2 Å². The molecule has 1 saturated heterocycles. The fourth-order valence-corrected chi connectivity index (χ4v) is 3.33. The summed E-state index contributed by atoms with van der Waals surface area (Å²) in [5.41, 5.74) is 0.612. The molecule has 0 saturated carbocycles. The van der Waals surface area contributed by atoms with Gasteiger partial charge in [0, 0.05) is 42.5 Å². The Hall–Kier alpha value is -0.780. The summed E-state index contributed by atoms with van der Waals surface area (Å²) in [6, 6.07) is 6.84. The number of halogens is 2. The van der Waals surface area contributed by atoms with Crippen molar-refractivity contribution in [3.05, 3.63) is 35.6 Å². The number of carbonyl (C=O) groups is 1. The molecule has 22 heavy (non-hydrogen) atoms. The van der Waals surface area contributed by atoms with Crippen molar-refractivity contribution >= 4 is 30.1 Å². The van der Waals surface area contributed by atoms with E-state index in [4.69, 9.17) is 0 Å². The van der Waals surface area contributed by atoms with Gasteiger partial charge in [-0.3, -0.25) is 4.79 Å². The van der Waals surface area contributed by atoms with E-state index >= 15 is 0 Å². The van der Waals surface area contributed by atoms with Gasteiger partial charge < -0.3 is 10.6 Å². The lowest BCUT2D eigenvalue weighted by atomic mass is 9.84. The highest BCUT2D eigenvalue weighted by molar-refractivity contribution is 7.99. The lowest BCUT2D eigenvalue weighted by Gasteiger charge is -2.27. The molecule has 0 aromatic heterocycles. The molecule has 6 heteroatoms. The Balaban J connectivity index is 0.00000242. The van der Waals surface area contributed by atoms with Crippen LogP contribution in [0.2, 0.25) is 0 Å². The van der Waals surface area contributed by atoms with Crippen molar-refractivity contribution in [2.45, 2.75) is 31.7 Å². The third-order valence-corrected chi connectivity index (χ3v) is 4.89. The number of nitrogens with one attached hydrogen (secondary N) is 2. The Morgan fingerprint density at radius 2 is 2.27 bits per heavy atom. The molecule has 0 spiro atoms. The lowest BCUT2D eigenvalue weighted by molar-refractivity contribution is -0.121. The van der Waals surface area contributed by atoms with Gasteiger partial charge in [-0.25, -0.2) is 4.39 Å². The molecule has 0 radical (unpaired) electrons. The first-order valence-corrected chi connectivity index (χ1v) is 8.47. The second-order valence-corrected chi connectivity index (χ2v) is 7.25. The quantitative estimate of drug-likeness (QED) is 0.861. The SMILES string of the molecule is CC(C)(CNC(=O)CC1CSCCN1)c1cccc(F)c1.Cl. The summed E-state index contributed by atoms with van der Waals surface area (Å²) in [5.74, 6) is 1.92. The van der Waals surface area contributed by atoms with Crippen LogP contribution in [0.15, 0.2) is 24.3 Å². The van der Waals surface area contributed by atoms with Crippen LogP contribution in [0.25, 0.3) is 0 Å². The highest BCUT2D eigenvalue weighted by Gasteiger charge is 2.23. The summed E-state index contributed by atoms with van der Waals surface area (Å²) in [7, 11) is 0. The van der Waals surface area contributed by atoms with E-state index in [1.807, 2.05) is 31.7 Å². The second kappa shape index (κ2) is 8.75. The van der Waals surface area contributed by atoms with Crippen LogP contribution < -0.4 is 10.6 Å². The van der Waals surface area contributed by atoms with Gasteiger partial charge in [0.25, 0.3) is 0 Å². The third-order valence-electron chi connectivity index (χ3n) is 3.76. The summed E-state index contributed by atoms with van der Waals surface area (Å²) in [4.78, 5) is 12.0. The average molecular weight is 347 g/mol. The van der Waals surface area contributed by atoms with E-state index in [-0.39, 0.29) is 35.6 Å². The summed E-state index contributed by atoms with van der Waals surface area (Å²) < 4.78 is 13.3. The molecule has 1 unspecified atom stereocenters. The molecule has 1 heterocycles. The van der Waals surface area contributed by atoms with Crippen molar-refractivity contribution in [3.8, 4) is 0 Å². The molecular formula is C16H24ClFN2OS. The molecule has 1 aliphatic rings. The molecule has 1 aliphatic heterocycles. The summed E-state index contributed by atoms with van der Waals surface area (Å²) >= 11 is 1.88. The van der Waals surface area contributed by atoms with Crippen LogP contribution in [0.1, 0.15) is 25.8 Å². The van der Waals surface area contributed by atoms with Crippen molar-refractivity contribution in [3.63, 3.8) is 0 Å². The van der Waals surface area contributed by atoms with E-state index in [1.165, 1.54) is 12.1 Å². The van der Waals surface area contributed by atoms with E-state index in [0.717, 1.165) is 23.6 Å². The minimum absolute atomic E-state index is 0. The molecule has 1 atom stereocenters. The van der Waals surface area contributed by atoms with E-state index in [0.29, 0.717) is 13.0 Å². The minimum atomic E-state index is -0.285. The zero-order valence-electron chi connectivity index (χ0n) is 13.0. The fourth-order valence-electron chi connectivity index (χ4n) is 2.38. The first-order valence-electron chi connectivity index (χ1n) is 7.31. The van der Waals surface area contributed by atoms with Gasteiger partial charge >= 0.3 is 0 Å². The van der Waals surface area contributed by atoms with Crippen molar-refractivity contribution in [1.29, 1.82) is 0 Å². The number of thioether (sulfide) groups is 1. The standard InChI is InChI=1S/C16H23FN2OS.ClH/c1-16(2,12-4-3-5-13(17)8-12)11-19-15(20)9-14-10-21-7-6-18-14;/h3-5,8,14,18H,6-7,9-11H2,1-2H3,(H,19,20);1H. The largest absolute Gasteiger partial charge is 0.355 e. The van der Waals surface area contributed by atoms with Crippen LogP contribution in [-0.2, 0) is 10.2 Å². The molecule has 1 fully saturated rings. The Kier molecular flexibility index (Phi) is 7.66. The van der Waals surface area contributed by atoms with Crippen LogP contribution in [0.5, 0.6) is 0 Å². The molecule has 0 bridgehead atoms. The maximum atomic E-state index is 13.3. The van der Waals surface area contributed by atoms with Crippen LogP contribution in [0.4, 0.5) is 4.39 Å². The van der Waals surface area contributed by atoms with Crippen LogP contribution in [-0.4, -0.2) is 36.5 Å². The van der Waals surface area contributed by atoms with Crippen molar-refractivity contribution < 1.29 is 9.18 Å². The maximum Gasteiger partial charge on any atom is 0.221 e. The van der Waals surface area contributed by atoms with Gasteiger partial charge in [-0.05, 0) is 17.7 Å². The molecule has 0 aliphatic carbocycles. The Bertz CT molecular complexity index is 493. The van der Waals surface area contributed by atoms with Crippen LogP contribution in [0.3, 0.4) is 0 Å². The van der Waals surface area contributed by atoms with E-state index in [9.17, 15) is 9.18 Å². The topological polar surface area (TPSA) is 41.1 Å². The number of amides is 1. The number of rotatable bonds is 5. The zero-order chi connectivity index (χ0) is 15.3. The minimum Gasteiger partial charge on any atom is -0.355 e. The van der Waals surface area contributed by atoms with Crippen molar-refractivity contribution in [1.82, 2.24) is 10.6 Å². The van der Waals surface area contributed by atoms with Gasteiger partial charge in [-0.15, -0.1) is 12.4 Å². The normalized spacial score (nSPS) is 18.4. The number of benzene rings is 1. The monoisotopic (exact) mass is 346 g/mol. The number of hydrogen-bond acceptors (Lipinski definition) is 3. The van der Waals surface area contributed by atoms with E-state index in [2.05, 4.69) is 10.6 Å². The van der Waals surface area contributed by atoms with Gasteiger partial charge in [-0.1, -0.05) is 26.0 Å². The van der Waals surface area contributed by atoms with E-state index in [1.54, 1.807) is 6.07 Å². The van der Waals surface area contributed by atoms with Gasteiger partial charge in [0.15, 0.2) is 0 Å². The smallest absolute Gasteiger partial charge is 0.221 e. The molecule has 1 aromatic carbocycles. The number of carbonyl (C=O) groups excluding carboxylic acids is 1. The molecule has 1 amide bonds. The number of hydrogen-bond donors (Lipinski definition) is 2.